The van der Waals surface area contributed by atoms with Crippen LogP contribution in [-0.2, 0) is 0 Å². The molecule has 2 rings (SSSR count). The van der Waals surface area contributed by atoms with Gasteiger partial charge in [-0.25, -0.2) is 4.39 Å². The number of benzene rings is 1. The van der Waals surface area contributed by atoms with Gasteiger partial charge in [0, 0.05) is 6.54 Å². The Labute approximate surface area is 115 Å². The first kappa shape index (κ1) is 14.4. The molecule has 0 heterocycles. The Bertz CT molecular complexity index is 560. The Morgan fingerprint density at radius 2 is 2.25 bits per heavy atom. The van der Waals surface area contributed by atoms with Crippen LogP contribution < -0.4 is 11.1 Å². The van der Waals surface area contributed by atoms with Crippen LogP contribution in [0.2, 0.25) is 0 Å². The topological polar surface area (TPSA) is 98.3 Å². The summed E-state index contributed by atoms with van der Waals surface area (Å²) >= 11 is 0. The van der Waals surface area contributed by atoms with Crippen LogP contribution >= 0.6 is 0 Å². The van der Waals surface area contributed by atoms with E-state index in [2.05, 4.69) is 5.32 Å². The summed E-state index contributed by atoms with van der Waals surface area (Å²) in [7, 11) is 0. The second-order valence-corrected chi connectivity index (χ2v) is 5.27. The van der Waals surface area contributed by atoms with Gasteiger partial charge in [-0.2, -0.15) is 0 Å². The van der Waals surface area contributed by atoms with Crippen LogP contribution in [0.1, 0.15) is 30.1 Å². The van der Waals surface area contributed by atoms with E-state index in [0.717, 1.165) is 31.0 Å². The van der Waals surface area contributed by atoms with E-state index in [1.807, 2.05) is 6.92 Å². The highest BCUT2D eigenvalue weighted by Crippen LogP contribution is 2.39. The largest absolute Gasteiger partial charge is 0.345 e. The Balaban J connectivity index is 2.27. The molecule has 0 spiro atoms. The molecule has 0 aliphatic heterocycles. The number of halogens is 1. The number of nitrogens with one attached hydrogen (secondary N) is 1. The SMILES string of the molecule is CC(CN)(NC(=O)c1ccc(F)cc1[N+](=O)[O-])C1CC1. The number of nitro groups is 1. The monoisotopic (exact) mass is 281 g/mol. The van der Waals surface area contributed by atoms with Gasteiger partial charge in [0.1, 0.15) is 11.4 Å². The molecule has 1 unspecified atom stereocenters. The van der Waals surface area contributed by atoms with Gasteiger partial charge >= 0.3 is 0 Å². The van der Waals surface area contributed by atoms with Gasteiger partial charge in [0.15, 0.2) is 0 Å². The molecule has 1 atom stereocenters. The molecular weight excluding hydrogens is 265 g/mol. The summed E-state index contributed by atoms with van der Waals surface area (Å²) in [6, 6.07) is 2.89. The number of nitrogens with two attached hydrogens (primary N) is 1. The van der Waals surface area contributed by atoms with Crippen molar-refractivity contribution >= 4 is 11.6 Å². The minimum atomic E-state index is -0.769. The van der Waals surface area contributed by atoms with Crippen molar-refractivity contribution in [3.05, 3.63) is 39.7 Å². The lowest BCUT2D eigenvalue weighted by atomic mass is 9.95. The molecule has 1 aliphatic carbocycles. The molecule has 6 nitrogen and oxygen atoms in total. The second kappa shape index (κ2) is 5.16. The molecule has 3 N–H and O–H groups in total. The molecule has 0 bridgehead atoms. The first-order valence-electron chi connectivity index (χ1n) is 6.34. The third-order valence-corrected chi connectivity index (χ3v) is 3.70. The molecule has 1 saturated carbocycles. The Kier molecular flexibility index (Phi) is 3.71. The summed E-state index contributed by atoms with van der Waals surface area (Å²) in [6.45, 7) is 2.07. The average molecular weight is 281 g/mol. The van der Waals surface area contributed by atoms with Crippen LogP contribution in [0.4, 0.5) is 10.1 Å². The minimum absolute atomic E-state index is 0.156. The standard InChI is InChI=1S/C13H16FN3O3/c1-13(7-15,8-2-3-8)16-12(18)10-5-4-9(14)6-11(10)17(19)20/h4-6,8H,2-3,7,15H2,1H3,(H,16,18). The summed E-state index contributed by atoms with van der Waals surface area (Å²) in [4.78, 5) is 22.3. The van der Waals surface area contributed by atoms with Gasteiger partial charge in [-0.05, 0) is 37.8 Å². The molecule has 1 aromatic rings. The van der Waals surface area contributed by atoms with E-state index in [1.165, 1.54) is 0 Å². The van der Waals surface area contributed by atoms with Crippen LogP contribution in [0, 0.1) is 21.8 Å². The summed E-state index contributed by atoms with van der Waals surface area (Å²) in [6.07, 6.45) is 1.94. The summed E-state index contributed by atoms with van der Waals surface area (Å²) < 4.78 is 13.1. The highest BCUT2D eigenvalue weighted by Gasteiger charge is 2.42. The Hall–Kier alpha value is -2.02. The molecule has 1 aliphatic rings. The van der Waals surface area contributed by atoms with E-state index in [1.54, 1.807) is 0 Å². The molecule has 1 fully saturated rings. The van der Waals surface area contributed by atoms with Crippen LogP contribution in [0.15, 0.2) is 18.2 Å². The van der Waals surface area contributed by atoms with Crippen LogP contribution in [-0.4, -0.2) is 22.9 Å². The number of hydrogen-bond acceptors (Lipinski definition) is 4. The van der Waals surface area contributed by atoms with Crippen molar-refractivity contribution in [1.82, 2.24) is 5.32 Å². The number of hydrogen-bond donors (Lipinski definition) is 2. The van der Waals surface area contributed by atoms with Crippen LogP contribution in [0.3, 0.4) is 0 Å². The zero-order valence-electron chi connectivity index (χ0n) is 11.1. The summed E-state index contributed by atoms with van der Waals surface area (Å²) in [5.74, 6) is -1.07. The van der Waals surface area contributed by atoms with Gasteiger partial charge in [0.05, 0.1) is 16.5 Å². The molecule has 20 heavy (non-hydrogen) atoms. The van der Waals surface area contributed by atoms with Gasteiger partial charge in [-0.1, -0.05) is 0 Å². The smallest absolute Gasteiger partial charge is 0.285 e. The van der Waals surface area contributed by atoms with E-state index < -0.39 is 27.9 Å². The van der Waals surface area contributed by atoms with Crippen molar-refractivity contribution in [2.45, 2.75) is 25.3 Å². The maximum atomic E-state index is 13.1. The molecular formula is C13H16FN3O3. The molecule has 1 aromatic carbocycles. The van der Waals surface area contributed by atoms with Gasteiger partial charge < -0.3 is 11.1 Å². The number of carbonyl (C=O) groups is 1. The third kappa shape index (κ3) is 2.77. The van der Waals surface area contributed by atoms with E-state index >= 15 is 0 Å². The normalized spacial score (nSPS) is 17.4. The highest BCUT2D eigenvalue weighted by atomic mass is 19.1. The van der Waals surface area contributed by atoms with E-state index in [9.17, 15) is 19.3 Å². The number of carbonyl (C=O) groups excluding carboxylic acids is 1. The fraction of sp³-hybridized carbons (Fsp3) is 0.462. The number of amides is 1. The Morgan fingerprint density at radius 1 is 1.60 bits per heavy atom. The number of rotatable bonds is 5. The maximum Gasteiger partial charge on any atom is 0.285 e. The molecule has 0 saturated heterocycles. The van der Waals surface area contributed by atoms with Crippen LogP contribution in [0.25, 0.3) is 0 Å². The molecule has 0 aromatic heterocycles. The van der Waals surface area contributed by atoms with E-state index in [4.69, 9.17) is 5.73 Å². The summed E-state index contributed by atoms with van der Waals surface area (Å²) in [5.41, 5.74) is 4.40. The molecule has 108 valence electrons. The molecule has 7 heteroatoms. The lowest BCUT2D eigenvalue weighted by Gasteiger charge is -2.29. The fourth-order valence-corrected chi connectivity index (χ4v) is 2.21. The Morgan fingerprint density at radius 3 is 2.75 bits per heavy atom. The van der Waals surface area contributed by atoms with E-state index in [-0.39, 0.29) is 18.0 Å². The van der Waals surface area contributed by atoms with Gasteiger partial charge in [-0.3, -0.25) is 14.9 Å². The molecule has 1 amide bonds. The van der Waals surface area contributed by atoms with Gasteiger partial charge in [0.2, 0.25) is 0 Å². The minimum Gasteiger partial charge on any atom is -0.345 e. The van der Waals surface area contributed by atoms with Crippen molar-refractivity contribution < 1.29 is 14.1 Å². The first-order chi connectivity index (χ1) is 9.37. The maximum absolute atomic E-state index is 13.1. The second-order valence-electron chi connectivity index (χ2n) is 5.27. The van der Waals surface area contributed by atoms with Crippen LogP contribution in [0.5, 0.6) is 0 Å². The zero-order chi connectivity index (χ0) is 14.9. The van der Waals surface area contributed by atoms with Crippen molar-refractivity contribution in [2.75, 3.05) is 6.54 Å². The lowest BCUT2D eigenvalue weighted by molar-refractivity contribution is -0.385. The highest BCUT2D eigenvalue weighted by molar-refractivity contribution is 5.98. The number of nitrogens with zero attached hydrogens (tertiary/aromatic N) is 1. The predicted octanol–water partition coefficient (Wildman–Crippen LogP) is 1.59. The van der Waals surface area contributed by atoms with Gasteiger partial charge in [0.25, 0.3) is 11.6 Å². The van der Waals surface area contributed by atoms with E-state index in [0.29, 0.717) is 0 Å². The average Bonchev–Trinajstić information content (AvgIpc) is 3.22. The van der Waals surface area contributed by atoms with Crippen molar-refractivity contribution in [3.63, 3.8) is 0 Å². The third-order valence-electron chi connectivity index (χ3n) is 3.70. The zero-order valence-corrected chi connectivity index (χ0v) is 11.1. The predicted molar refractivity (Wildman–Crippen MR) is 70.7 cm³/mol. The van der Waals surface area contributed by atoms with Crippen molar-refractivity contribution in [2.24, 2.45) is 11.7 Å². The fourth-order valence-electron chi connectivity index (χ4n) is 2.21. The first-order valence-corrected chi connectivity index (χ1v) is 6.34. The van der Waals surface area contributed by atoms with Crippen molar-refractivity contribution in [3.8, 4) is 0 Å². The van der Waals surface area contributed by atoms with Crippen molar-refractivity contribution in [1.29, 1.82) is 0 Å². The number of nitro benzene ring substituents is 1. The van der Waals surface area contributed by atoms with Gasteiger partial charge in [-0.15, -0.1) is 0 Å². The quantitative estimate of drug-likeness (QED) is 0.632. The summed E-state index contributed by atoms with van der Waals surface area (Å²) in [5, 5.41) is 13.6. The molecule has 0 radical (unpaired) electrons. The lowest BCUT2D eigenvalue weighted by Crippen LogP contribution is -2.53.